The fourth-order valence-corrected chi connectivity index (χ4v) is 2.88. The van der Waals surface area contributed by atoms with E-state index in [9.17, 15) is 9.50 Å². The zero-order valence-electron chi connectivity index (χ0n) is 15.6. The highest BCUT2D eigenvalue weighted by Crippen LogP contribution is 2.47. The molecule has 0 radical (unpaired) electrons. The summed E-state index contributed by atoms with van der Waals surface area (Å²) in [6.07, 6.45) is 2.09. The number of aromatic nitrogens is 5. The van der Waals surface area contributed by atoms with Crippen molar-refractivity contribution < 1.29 is 23.0 Å². The molecule has 0 saturated carbocycles. The number of tetrazole rings is 1. The Balaban J connectivity index is 2.03. The number of alkyl halides is 2. The number of nitrogens with zero attached hydrogens (tertiary/aromatic N) is 5. The lowest BCUT2D eigenvalue weighted by Gasteiger charge is -2.35. The zero-order valence-corrected chi connectivity index (χ0v) is 16.3. The van der Waals surface area contributed by atoms with Gasteiger partial charge in [-0.25, -0.2) is 9.07 Å². The van der Waals surface area contributed by atoms with Crippen LogP contribution in [0.2, 0.25) is 5.02 Å². The molecule has 7 nitrogen and oxygen atoms in total. The van der Waals surface area contributed by atoms with Crippen molar-refractivity contribution in [2.75, 3.05) is 6.61 Å². The highest BCUT2D eigenvalue weighted by Gasteiger charge is 2.57. The minimum Gasteiger partial charge on any atom is -0.479 e. The highest BCUT2D eigenvalue weighted by atomic mass is 35.5. The van der Waals surface area contributed by atoms with Crippen LogP contribution in [0.4, 0.5) is 13.2 Å². The van der Waals surface area contributed by atoms with E-state index in [2.05, 4.69) is 32.4 Å². The van der Waals surface area contributed by atoms with Crippen LogP contribution in [0, 0.1) is 17.7 Å². The molecule has 2 aromatic heterocycles. The third-order valence-corrected chi connectivity index (χ3v) is 4.46. The Morgan fingerprint density at radius 2 is 2.07 bits per heavy atom. The maximum Gasteiger partial charge on any atom is 0.323 e. The Morgan fingerprint density at radius 1 is 1.27 bits per heavy atom. The van der Waals surface area contributed by atoms with Gasteiger partial charge >= 0.3 is 5.92 Å². The smallest absolute Gasteiger partial charge is 0.323 e. The van der Waals surface area contributed by atoms with Gasteiger partial charge in [-0.2, -0.15) is 8.78 Å². The van der Waals surface area contributed by atoms with Crippen LogP contribution in [0.5, 0.6) is 5.75 Å². The lowest BCUT2D eigenvalue weighted by Crippen LogP contribution is -2.48. The van der Waals surface area contributed by atoms with Crippen LogP contribution >= 0.6 is 11.6 Å². The molecular formula is C19H15ClF3N5O2. The van der Waals surface area contributed by atoms with E-state index in [1.54, 1.807) is 6.92 Å². The molecule has 0 bridgehead atoms. The molecule has 0 aliphatic heterocycles. The van der Waals surface area contributed by atoms with Crippen LogP contribution in [0.1, 0.15) is 18.2 Å². The molecule has 0 amide bonds. The van der Waals surface area contributed by atoms with Crippen molar-refractivity contribution in [1.29, 1.82) is 0 Å². The molecule has 156 valence electrons. The molecule has 0 fully saturated rings. The summed E-state index contributed by atoms with van der Waals surface area (Å²) in [6.45, 7) is 0.845. The first-order valence-corrected chi connectivity index (χ1v) is 8.91. The van der Waals surface area contributed by atoms with Gasteiger partial charge in [0.25, 0.3) is 0 Å². The van der Waals surface area contributed by atoms with Gasteiger partial charge in [-0.05, 0) is 41.6 Å². The first kappa shape index (κ1) is 21.5. The van der Waals surface area contributed by atoms with E-state index in [0.29, 0.717) is 0 Å². The second kappa shape index (κ2) is 8.69. The molecule has 3 rings (SSSR count). The predicted molar refractivity (Wildman–Crippen MR) is 100 cm³/mol. The molecular weight excluding hydrogens is 423 g/mol. The van der Waals surface area contributed by atoms with Crippen LogP contribution < -0.4 is 4.74 Å². The van der Waals surface area contributed by atoms with Crippen molar-refractivity contribution in [3.63, 3.8) is 0 Å². The summed E-state index contributed by atoms with van der Waals surface area (Å²) in [5.74, 6) is 0.337. The van der Waals surface area contributed by atoms with Crippen LogP contribution in [-0.2, 0) is 18.1 Å². The number of halogens is 4. The normalized spacial score (nSPS) is 13.3. The predicted octanol–water partition coefficient (Wildman–Crippen LogP) is 2.94. The number of rotatable bonds is 7. The molecule has 0 saturated heterocycles. The van der Waals surface area contributed by atoms with Gasteiger partial charge in [0.1, 0.15) is 30.2 Å². The number of hydrogen-bond acceptors (Lipinski definition) is 6. The number of pyridine rings is 1. The Morgan fingerprint density at radius 3 is 2.67 bits per heavy atom. The molecule has 30 heavy (non-hydrogen) atoms. The van der Waals surface area contributed by atoms with Gasteiger partial charge in [0.05, 0.1) is 12.7 Å². The summed E-state index contributed by atoms with van der Waals surface area (Å²) in [4.78, 5) is 3.70. The monoisotopic (exact) mass is 437 g/mol. The Labute approximate surface area is 174 Å². The number of hydrogen-bond donors (Lipinski definition) is 1. The average molecular weight is 438 g/mol. The molecule has 2 heterocycles. The second-order valence-corrected chi connectivity index (χ2v) is 6.60. The van der Waals surface area contributed by atoms with Crippen LogP contribution in [0.3, 0.4) is 0 Å². The van der Waals surface area contributed by atoms with E-state index in [-0.39, 0.29) is 17.4 Å². The molecule has 0 aliphatic rings. The van der Waals surface area contributed by atoms with Crippen molar-refractivity contribution in [3.8, 4) is 17.6 Å². The minimum atomic E-state index is -4.05. The molecule has 0 spiro atoms. The third kappa shape index (κ3) is 4.22. The average Bonchev–Trinajstić information content (AvgIpc) is 3.21. The lowest BCUT2D eigenvalue weighted by molar-refractivity contribution is -0.207. The van der Waals surface area contributed by atoms with E-state index in [0.717, 1.165) is 35.4 Å². The van der Waals surface area contributed by atoms with Gasteiger partial charge in [0.2, 0.25) is 0 Å². The third-order valence-electron chi connectivity index (χ3n) is 4.22. The van der Waals surface area contributed by atoms with Gasteiger partial charge in [-0.15, -0.1) is 11.0 Å². The molecule has 3 aromatic rings. The zero-order chi connectivity index (χ0) is 21.8. The van der Waals surface area contributed by atoms with Crippen molar-refractivity contribution in [2.24, 2.45) is 0 Å². The molecule has 1 atom stereocenters. The maximum atomic E-state index is 15.5. The number of ether oxygens (including phenoxy) is 1. The Bertz CT molecular complexity index is 1070. The summed E-state index contributed by atoms with van der Waals surface area (Å²) in [5, 5.41) is 21.3. The second-order valence-electron chi connectivity index (χ2n) is 6.16. The molecule has 0 aliphatic carbocycles. The summed E-state index contributed by atoms with van der Waals surface area (Å²) in [6, 6.07) is 5.24. The molecule has 11 heteroatoms. The molecule has 1 aromatic carbocycles. The minimum absolute atomic E-state index is 0.0147. The highest BCUT2D eigenvalue weighted by molar-refractivity contribution is 6.30. The first-order chi connectivity index (χ1) is 14.3. The summed E-state index contributed by atoms with van der Waals surface area (Å²) >= 11 is 5.73. The summed E-state index contributed by atoms with van der Waals surface area (Å²) < 4.78 is 51.8. The Hall–Kier alpha value is -3.16. The van der Waals surface area contributed by atoms with Crippen molar-refractivity contribution in [1.82, 2.24) is 25.2 Å². The summed E-state index contributed by atoms with van der Waals surface area (Å²) in [7, 11) is 0. The van der Waals surface area contributed by atoms with Crippen LogP contribution in [0.15, 0.2) is 42.9 Å². The maximum absolute atomic E-state index is 15.5. The number of aliphatic hydroxyl groups is 1. The van der Waals surface area contributed by atoms with Crippen molar-refractivity contribution in [3.05, 3.63) is 65.0 Å². The van der Waals surface area contributed by atoms with E-state index in [4.69, 9.17) is 16.3 Å². The van der Waals surface area contributed by atoms with Gasteiger partial charge < -0.3 is 9.84 Å². The van der Waals surface area contributed by atoms with Gasteiger partial charge in [0.15, 0.2) is 5.60 Å². The first-order valence-electron chi connectivity index (χ1n) is 8.53. The SMILES string of the molecule is CC#CCOc1ccc(C(F)(F)C(O)(Cn2cnnn2)c2ccc(Cl)cc2F)nc1. The van der Waals surface area contributed by atoms with E-state index < -0.39 is 35.1 Å². The van der Waals surface area contributed by atoms with Crippen LogP contribution in [0.25, 0.3) is 0 Å². The number of benzene rings is 1. The van der Waals surface area contributed by atoms with Gasteiger partial charge in [0, 0.05) is 10.6 Å². The van der Waals surface area contributed by atoms with Crippen LogP contribution in [-0.4, -0.2) is 36.9 Å². The molecule has 1 unspecified atom stereocenters. The fraction of sp³-hybridized carbons (Fsp3) is 0.263. The van der Waals surface area contributed by atoms with E-state index in [1.807, 2.05) is 0 Å². The quantitative estimate of drug-likeness (QED) is 0.572. The fourth-order valence-electron chi connectivity index (χ4n) is 2.72. The van der Waals surface area contributed by atoms with Crippen molar-refractivity contribution >= 4 is 11.6 Å². The summed E-state index contributed by atoms with van der Waals surface area (Å²) in [5.41, 5.74) is -4.57. The van der Waals surface area contributed by atoms with Crippen molar-refractivity contribution in [2.45, 2.75) is 25.0 Å². The van der Waals surface area contributed by atoms with E-state index >= 15 is 8.78 Å². The standard InChI is InChI=1S/C19H15ClF3N5O2/c1-2-3-8-30-14-5-7-17(24-10-14)19(22,23)18(29,11-28-12-25-26-27-28)15-6-4-13(20)9-16(15)21/h4-7,9-10,12,29H,8,11H2,1H3. The van der Waals surface area contributed by atoms with Gasteiger partial charge in [-0.1, -0.05) is 23.6 Å². The largest absolute Gasteiger partial charge is 0.479 e. The lowest BCUT2D eigenvalue weighted by atomic mass is 9.84. The Kier molecular flexibility index (Phi) is 6.24. The molecule has 1 N–H and O–H groups in total. The topological polar surface area (TPSA) is 86.0 Å². The van der Waals surface area contributed by atoms with E-state index in [1.165, 1.54) is 12.1 Å². The van der Waals surface area contributed by atoms with Gasteiger partial charge in [-0.3, -0.25) is 4.98 Å².